The van der Waals surface area contributed by atoms with E-state index in [1.807, 2.05) is 63.2 Å². The fourth-order valence-corrected chi connectivity index (χ4v) is 2.33. The summed E-state index contributed by atoms with van der Waals surface area (Å²) in [5, 5.41) is 11.8. The van der Waals surface area contributed by atoms with Crippen molar-refractivity contribution < 1.29 is 14.3 Å². The summed E-state index contributed by atoms with van der Waals surface area (Å²) in [7, 11) is 0. The predicted octanol–water partition coefficient (Wildman–Crippen LogP) is 4.34. The molecule has 136 valence electrons. The van der Waals surface area contributed by atoms with Gasteiger partial charge in [-0.15, -0.1) is 0 Å². The summed E-state index contributed by atoms with van der Waals surface area (Å²) in [5.41, 5.74) is 1.89. The van der Waals surface area contributed by atoms with Crippen LogP contribution in [0.3, 0.4) is 0 Å². The Morgan fingerprint density at radius 2 is 1.77 bits per heavy atom. The van der Waals surface area contributed by atoms with Gasteiger partial charge in [-0.05, 0) is 44.0 Å². The van der Waals surface area contributed by atoms with Gasteiger partial charge in [0.25, 0.3) is 0 Å². The molecule has 0 bridgehead atoms. The summed E-state index contributed by atoms with van der Waals surface area (Å²) in [6, 6.07) is 18.6. The van der Waals surface area contributed by atoms with E-state index in [4.69, 9.17) is 14.7 Å². The van der Waals surface area contributed by atoms with Crippen molar-refractivity contribution in [3.8, 4) is 6.07 Å². The zero-order chi connectivity index (χ0) is 19.0. The van der Waals surface area contributed by atoms with E-state index >= 15 is 0 Å². The standard InChI is InChI=1S/C21H24N2O3/c1-21(2,3)26-20(24)23-19(18-11-9-16(13-22)10-12-18)15-25-14-17-7-5-4-6-8-17/h4-12,19H,14-15H2,1-3H3,(H,23,24)/t19-/m0/s1. The number of nitrogens with one attached hydrogen (secondary N) is 1. The first kappa shape index (κ1) is 19.5. The molecule has 0 saturated heterocycles. The zero-order valence-corrected chi connectivity index (χ0v) is 15.4. The van der Waals surface area contributed by atoms with Gasteiger partial charge in [0.05, 0.1) is 30.9 Å². The summed E-state index contributed by atoms with van der Waals surface area (Å²) >= 11 is 0. The minimum atomic E-state index is -0.579. The number of benzene rings is 2. The van der Waals surface area contributed by atoms with E-state index in [1.165, 1.54) is 0 Å². The van der Waals surface area contributed by atoms with E-state index < -0.39 is 11.7 Å². The molecule has 0 radical (unpaired) electrons. The van der Waals surface area contributed by atoms with E-state index in [0.29, 0.717) is 18.8 Å². The molecule has 0 heterocycles. The van der Waals surface area contributed by atoms with Crippen molar-refractivity contribution in [1.82, 2.24) is 5.32 Å². The zero-order valence-electron chi connectivity index (χ0n) is 15.4. The number of carbonyl (C=O) groups excluding carboxylic acids is 1. The van der Waals surface area contributed by atoms with Crippen LogP contribution in [0.4, 0.5) is 4.79 Å². The Morgan fingerprint density at radius 3 is 2.35 bits per heavy atom. The highest BCUT2D eigenvalue weighted by Crippen LogP contribution is 2.17. The van der Waals surface area contributed by atoms with Crippen molar-refractivity contribution in [1.29, 1.82) is 5.26 Å². The Morgan fingerprint density at radius 1 is 1.12 bits per heavy atom. The molecule has 0 unspecified atom stereocenters. The van der Waals surface area contributed by atoms with Crippen LogP contribution in [0.25, 0.3) is 0 Å². The van der Waals surface area contributed by atoms with Crippen LogP contribution in [-0.4, -0.2) is 18.3 Å². The van der Waals surface area contributed by atoms with Gasteiger partial charge in [-0.2, -0.15) is 5.26 Å². The summed E-state index contributed by atoms with van der Waals surface area (Å²) < 4.78 is 11.1. The molecule has 0 aromatic heterocycles. The van der Waals surface area contributed by atoms with E-state index in [-0.39, 0.29) is 6.04 Å². The maximum absolute atomic E-state index is 12.2. The van der Waals surface area contributed by atoms with E-state index in [1.54, 1.807) is 12.1 Å². The first-order chi connectivity index (χ1) is 12.4. The van der Waals surface area contributed by atoms with Crippen LogP contribution in [0.15, 0.2) is 54.6 Å². The van der Waals surface area contributed by atoms with Crippen LogP contribution >= 0.6 is 0 Å². The lowest BCUT2D eigenvalue weighted by Gasteiger charge is -2.24. The molecule has 2 rings (SSSR count). The second-order valence-electron chi connectivity index (χ2n) is 6.93. The Kier molecular flexibility index (Phi) is 6.76. The first-order valence-corrected chi connectivity index (χ1v) is 8.48. The van der Waals surface area contributed by atoms with Gasteiger partial charge < -0.3 is 14.8 Å². The van der Waals surface area contributed by atoms with Crippen molar-refractivity contribution in [2.45, 2.75) is 39.0 Å². The maximum Gasteiger partial charge on any atom is 0.408 e. The fourth-order valence-electron chi connectivity index (χ4n) is 2.33. The van der Waals surface area contributed by atoms with Gasteiger partial charge in [-0.1, -0.05) is 42.5 Å². The number of hydrogen-bond donors (Lipinski definition) is 1. The second kappa shape index (κ2) is 9.02. The minimum Gasteiger partial charge on any atom is -0.444 e. The van der Waals surface area contributed by atoms with Crippen molar-refractivity contribution in [2.75, 3.05) is 6.61 Å². The highest BCUT2D eigenvalue weighted by Gasteiger charge is 2.21. The third kappa shape index (κ3) is 6.58. The van der Waals surface area contributed by atoms with Gasteiger partial charge in [0.15, 0.2) is 0 Å². The van der Waals surface area contributed by atoms with Crippen LogP contribution in [0.1, 0.15) is 43.5 Å². The van der Waals surface area contributed by atoms with Crippen LogP contribution in [0.5, 0.6) is 0 Å². The monoisotopic (exact) mass is 352 g/mol. The number of carbonyl (C=O) groups is 1. The lowest BCUT2D eigenvalue weighted by atomic mass is 10.1. The number of rotatable bonds is 6. The normalized spacial score (nSPS) is 12.1. The van der Waals surface area contributed by atoms with Crippen LogP contribution in [-0.2, 0) is 16.1 Å². The summed E-state index contributed by atoms with van der Waals surface area (Å²) in [4.78, 5) is 12.2. The molecule has 1 N–H and O–H groups in total. The average molecular weight is 352 g/mol. The van der Waals surface area contributed by atoms with E-state index in [9.17, 15) is 4.79 Å². The number of hydrogen-bond acceptors (Lipinski definition) is 4. The predicted molar refractivity (Wildman–Crippen MR) is 99.4 cm³/mol. The summed E-state index contributed by atoms with van der Waals surface area (Å²) in [5.74, 6) is 0. The number of nitrogens with zero attached hydrogens (tertiary/aromatic N) is 1. The quantitative estimate of drug-likeness (QED) is 0.839. The lowest BCUT2D eigenvalue weighted by Crippen LogP contribution is -2.36. The molecule has 2 aromatic rings. The Labute approximate surface area is 154 Å². The van der Waals surface area contributed by atoms with E-state index in [0.717, 1.165) is 11.1 Å². The number of nitriles is 1. The molecule has 0 fully saturated rings. The van der Waals surface area contributed by atoms with Gasteiger partial charge in [-0.25, -0.2) is 4.79 Å². The third-order valence-electron chi connectivity index (χ3n) is 3.53. The Bertz CT molecular complexity index is 744. The molecular formula is C21H24N2O3. The smallest absolute Gasteiger partial charge is 0.408 e. The molecule has 1 amide bonds. The summed E-state index contributed by atoms with van der Waals surface area (Å²) in [6.45, 7) is 6.18. The molecule has 0 spiro atoms. The Hall–Kier alpha value is -2.84. The van der Waals surface area contributed by atoms with Gasteiger partial charge in [0, 0.05) is 0 Å². The minimum absolute atomic E-state index is 0.292. The van der Waals surface area contributed by atoms with Crippen molar-refractivity contribution in [2.24, 2.45) is 0 Å². The molecule has 0 aliphatic rings. The van der Waals surface area contributed by atoms with Crippen molar-refractivity contribution in [3.63, 3.8) is 0 Å². The van der Waals surface area contributed by atoms with Crippen molar-refractivity contribution >= 4 is 6.09 Å². The SMILES string of the molecule is CC(C)(C)OC(=O)N[C@@H](COCc1ccccc1)c1ccc(C#N)cc1. The van der Waals surface area contributed by atoms with Crippen LogP contribution in [0, 0.1) is 11.3 Å². The largest absolute Gasteiger partial charge is 0.444 e. The molecule has 0 saturated carbocycles. The highest BCUT2D eigenvalue weighted by molar-refractivity contribution is 5.68. The van der Waals surface area contributed by atoms with Gasteiger partial charge in [-0.3, -0.25) is 0 Å². The molecular weight excluding hydrogens is 328 g/mol. The molecule has 26 heavy (non-hydrogen) atoms. The molecule has 5 heteroatoms. The maximum atomic E-state index is 12.2. The topological polar surface area (TPSA) is 71.3 Å². The van der Waals surface area contributed by atoms with Gasteiger partial charge >= 0.3 is 6.09 Å². The lowest BCUT2D eigenvalue weighted by molar-refractivity contribution is 0.0427. The molecule has 0 aliphatic heterocycles. The average Bonchev–Trinajstić information content (AvgIpc) is 2.60. The fraction of sp³-hybridized carbons (Fsp3) is 0.333. The molecule has 5 nitrogen and oxygen atoms in total. The number of alkyl carbamates (subject to hydrolysis) is 1. The van der Waals surface area contributed by atoms with E-state index in [2.05, 4.69) is 11.4 Å². The van der Waals surface area contributed by atoms with Gasteiger partial charge in [0.1, 0.15) is 5.60 Å². The first-order valence-electron chi connectivity index (χ1n) is 8.48. The second-order valence-corrected chi connectivity index (χ2v) is 6.93. The molecule has 2 aromatic carbocycles. The molecule has 0 aliphatic carbocycles. The number of amides is 1. The van der Waals surface area contributed by atoms with Crippen LogP contribution in [0.2, 0.25) is 0 Å². The number of ether oxygens (including phenoxy) is 2. The Balaban J connectivity index is 2.04. The third-order valence-corrected chi connectivity index (χ3v) is 3.53. The van der Waals surface area contributed by atoms with Gasteiger partial charge in [0.2, 0.25) is 0 Å². The summed E-state index contributed by atoms with van der Waals surface area (Å²) in [6.07, 6.45) is -0.504. The van der Waals surface area contributed by atoms with Crippen molar-refractivity contribution in [3.05, 3.63) is 71.3 Å². The van der Waals surface area contributed by atoms with Crippen LogP contribution < -0.4 is 5.32 Å². The molecule has 1 atom stereocenters. The highest BCUT2D eigenvalue weighted by atomic mass is 16.6.